The number of aliphatic hydroxyl groups excluding tert-OH is 1. The van der Waals surface area contributed by atoms with Crippen molar-refractivity contribution < 1.29 is 27.8 Å². The van der Waals surface area contributed by atoms with Crippen LogP contribution in [0.4, 0.5) is 10.5 Å². The molecule has 4 rings (SSSR count). The van der Waals surface area contributed by atoms with E-state index in [1.165, 1.54) is 9.21 Å². The molecule has 1 heterocycles. The monoisotopic (exact) mass is 567 g/mol. The number of amides is 2. The summed E-state index contributed by atoms with van der Waals surface area (Å²) in [5.74, 6) is 0.605. The number of methoxy groups -OCH3 is 1. The van der Waals surface area contributed by atoms with Crippen LogP contribution in [0.2, 0.25) is 0 Å². The van der Waals surface area contributed by atoms with Crippen LogP contribution in [0.3, 0.4) is 0 Å². The van der Waals surface area contributed by atoms with Gasteiger partial charge in [0.05, 0.1) is 20.3 Å². The lowest BCUT2D eigenvalue weighted by Crippen LogP contribution is -2.50. The van der Waals surface area contributed by atoms with Gasteiger partial charge in [-0.2, -0.15) is 4.31 Å². The van der Waals surface area contributed by atoms with Crippen LogP contribution in [0, 0.1) is 12.8 Å². The van der Waals surface area contributed by atoms with E-state index in [1.807, 2.05) is 38.1 Å². The predicted molar refractivity (Wildman–Crippen MR) is 155 cm³/mol. The van der Waals surface area contributed by atoms with Gasteiger partial charge in [-0.15, -0.1) is 0 Å². The third-order valence-electron chi connectivity index (χ3n) is 7.19. The summed E-state index contributed by atoms with van der Waals surface area (Å²) >= 11 is 0. The maximum Gasteiger partial charge on any atom is 0.321 e. The number of nitrogens with zero attached hydrogens (tertiary/aromatic N) is 2. The molecule has 0 saturated heterocycles. The number of hydrogen-bond donors (Lipinski definition) is 2. The molecule has 1 aliphatic rings. The topological polar surface area (TPSA) is 108 Å². The van der Waals surface area contributed by atoms with Crippen molar-refractivity contribution in [3.8, 4) is 22.6 Å². The van der Waals surface area contributed by atoms with E-state index >= 15 is 0 Å². The van der Waals surface area contributed by atoms with Crippen LogP contribution in [-0.2, 0) is 10.0 Å². The molecule has 214 valence electrons. The Balaban J connectivity index is 1.66. The largest absolute Gasteiger partial charge is 0.497 e. The third-order valence-corrected chi connectivity index (χ3v) is 9.21. The van der Waals surface area contributed by atoms with Crippen LogP contribution >= 0.6 is 0 Å². The van der Waals surface area contributed by atoms with E-state index in [-0.39, 0.29) is 42.3 Å². The van der Waals surface area contributed by atoms with E-state index in [0.29, 0.717) is 11.4 Å². The molecule has 3 aromatic carbocycles. The lowest BCUT2D eigenvalue weighted by Gasteiger charge is -2.37. The lowest BCUT2D eigenvalue weighted by atomic mass is 10.0. The van der Waals surface area contributed by atoms with Gasteiger partial charge >= 0.3 is 6.03 Å². The molecule has 0 saturated carbocycles. The molecule has 0 fully saturated rings. The number of likely N-dealkylation sites (N-methyl/N-ethyl adjacent to an activating group) is 1. The number of aliphatic hydroxyl groups is 1. The Bertz CT molecular complexity index is 1430. The van der Waals surface area contributed by atoms with Gasteiger partial charge in [0.2, 0.25) is 10.0 Å². The van der Waals surface area contributed by atoms with Crippen molar-refractivity contribution in [2.45, 2.75) is 37.8 Å². The highest BCUT2D eigenvalue weighted by Crippen LogP contribution is 2.36. The number of anilines is 1. The smallest absolute Gasteiger partial charge is 0.321 e. The van der Waals surface area contributed by atoms with Gasteiger partial charge < -0.3 is 24.8 Å². The number of nitrogens with one attached hydrogen (secondary N) is 1. The van der Waals surface area contributed by atoms with Crippen molar-refractivity contribution in [3.63, 3.8) is 0 Å². The zero-order valence-electron chi connectivity index (χ0n) is 23.5. The number of aryl methyl sites for hydroxylation is 1. The standard InChI is InChI=1S/C30H37N3O6S/c1-20-6-8-23(9-7-20)24-10-15-29-27(16-24)39-28(21(2)17-33(22(3)19-34)40(29,36)37)18-32(4)30(35)31-25-11-13-26(38-5)14-12-25/h6-16,21-22,28,34H,17-19H2,1-5H3,(H,31,35)/t21-,22-,28+/m0/s1. The van der Waals surface area contributed by atoms with Crippen LogP contribution in [0.1, 0.15) is 19.4 Å². The summed E-state index contributed by atoms with van der Waals surface area (Å²) in [5, 5.41) is 12.7. The predicted octanol–water partition coefficient (Wildman–Crippen LogP) is 4.60. The van der Waals surface area contributed by atoms with Crippen molar-refractivity contribution >= 4 is 21.7 Å². The molecule has 0 radical (unpaired) electrons. The van der Waals surface area contributed by atoms with Crippen molar-refractivity contribution in [3.05, 3.63) is 72.3 Å². The van der Waals surface area contributed by atoms with E-state index in [2.05, 4.69) is 5.32 Å². The fourth-order valence-corrected chi connectivity index (χ4v) is 6.44. The Labute approximate surface area is 236 Å². The Kier molecular flexibility index (Phi) is 9.02. The molecule has 0 spiro atoms. The Hall–Kier alpha value is -3.60. The Morgan fingerprint density at radius 1 is 1.12 bits per heavy atom. The summed E-state index contributed by atoms with van der Waals surface area (Å²) < 4.78 is 40.4. The van der Waals surface area contributed by atoms with Crippen molar-refractivity contribution in [2.24, 2.45) is 5.92 Å². The molecule has 3 atom stereocenters. The summed E-state index contributed by atoms with van der Waals surface area (Å²) in [4.78, 5) is 14.6. The van der Waals surface area contributed by atoms with Gasteiger partial charge in [0.1, 0.15) is 22.5 Å². The van der Waals surface area contributed by atoms with Gasteiger partial charge in [-0.05, 0) is 61.4 Å². The Morgan fingerprint density at radius 3 is 2.40 bits per heavy atom. The number of carbonyl (C=O) groups is 1. The van der Waals surface area contributed by atoms with Crippen LogP contribution in [-0.4, -0.2) is 74.8 Å². The average molecular weight is 568 g/mol. The number of hydrogen-bond acceptors (Lipinski definition) is 6. The second-order valence-electron chi connectivity index (χ2n) is 10.3. The minimum atomic E-state index is -3.96. The molecule has 0 aliphatic carbocycles. The van der Waals surface area contributed by atoms with Gasteiger partial charge in [-0.3, -0.25) is 0 Å². The summed E-state index contributed by atoms with van der Waals surface area (Å²) in [7, 11) is -0.717. The average Bonchev–Trinajstić information content (AvgIpc) is 2.95. The molecule has 10 heteroatoms. The number of sulfonamides is 1. The Morgan fingerprint density at radius 2 is 1.77 bits per heavy atom. The zero-order valence-corrected chi connectivity index (χ0v) is 24.3. The number of urea groups is 1. The second kappa shape index (κ2) is 12.3. The summed E-state index contributed by atoms with van der Waals surface area (Å²) in [6, 6.07) is 19.1. The first-order valence-corrected chi connectivity index (χ1v) is 14.6. The first-order chi connectivity index (χ1) is 19.0. The first-order valence-electron chi connectivity index (χ1n) is 13.2. The fraction of sp³-hybridized carbons (Fsp3) is 0.367. The minimum Gasteiger partial charge on any atom is -0.497 e. The molecule has 0 bridgehead atoms. The number of fused-ring (bicyclic) bond motifs is 1. The van der Waals surface area contributed by atoms with E-state index in [1.54, 1.807) is 63.5 Å². The molecule has 2 N–H and O–H groups in total. The van der Waals surface area contributed by atoms with Crippen LogP contribution in [0.15, 0.2) is 71.6 Å². The molecule has 0 unspecified atom stereocenters. The van der Waals surface area contributed by atoms with Crippen molar-refractivity contribution in [2.75, 3.05) is 39.2 Å². The zero-order chi connectivity index (χ0) is 29.0. The number of ether oxygens (including phenoxy) is 2. The van der Waals surface area contributed by atoms with Gasteiger partial charge in [0, 0.05) is 31.2 Å². The van der Waals surface area contributed by atoms with E-state index in [9.17, 15) is 18.3 Å². The van der Waals surface area contributed by atoms with Crippen LogP contribution < -0.4 is 14.8 Å². The normalized spacial score (nSPS) is 19.4. The quantitative estimate of drug-likeness (QED) is 0.432. The number of rotatable bonds is 7. The highest BCUT2D eigenvalue weighted by atomic mass is 32.2. The lowest BCUT2D eigenvalue weighted by molar-refractivity contribution is 0.0830. The maximum absolute atomic E-state index is 13.8. The fourth-order valence-electron chi connectivity index (χ4n) is 4.62. The molecular weight excluding hydrogens is 530 g/mol. The van der Waals surface area contributed by atoms with Gasteiger partial charge in [-0.1, -0.05) is 42.8 Å². The van der Waals surface area contributed by atoms with Crippen molar-refractivity contribution in [1.82, 2.24) is 9.21 Å². The van der Waals surface area contributed by atoms with Gasteiger partial charge in [0.25, 0.3) is 0 Å². The maximum atomic E-state index is 13.8. The van der Waals surface area contributed by atoms with E-state index in [4.69, 9.17) is 9.47 Å². The second-order valence-corrected chi connectivity index (χ2v) is 12.2. The van der Waals surface area contributed by atoms with E-state index < -0.39 is 22.2 Å². The highest BCUT2D eigenvalue weighted by molar-refractivity contribution is 7.89. The molecule has 9 nitrogen and oxygen atoms in total. The molecule has 2 amide bonds. The summed E-state index contributed by atoms with van der Waals surface area (Å²) in [6.07, 6.45) is -0.525. The molecular formula is C30H37N3O6S. The summed E-state index contributed by atoms with van der Waals surface area (Å²) in [5.41, 5.74) is 3.48. The SMILES string of the molecule is COc1ccc(NC(=O)N(C)C[C@H]2Oc3cc(-c4ccc(C)cc4)ccc3S(=O)(=O)N([C@@H](C)CO)C[C@@H]2C)cc1. The first kappa shape index (κ1) is 29.4. The van der Waals surface area contributed by atoms with Crippen LogP contribution in [0.25, 0.3) is 11.1 Å². The molecule has 0 aromatic heterocycles. The van der Waals surface area contributed by atoms with Crippen LogP contribution in [0.5, 0.6) is 11.5 Å². The molecule has 3 aromatic rings. The minimum absolute atomic E-state index is 0.0332. The molecule has 1 aliphatic heterocycles. The number of benzene rings is 3. The molecule has 40 heavy (non-hydrogen) atoms. The van der Waals surface area contributed by atoms with E-state index in [0.717, 1.165) is 16.7 Å². The van der Waals surface area contributed by atoms with Crippen molar-refractivity contribution in [1.29, 1.82) is 0 Å². The van der Waals surface area contributed by atoms with Gasteiger partial charge in [0.15, 0.2) is 0 Å². The highest BCUT2D eigenvalue weighted by Gasteiger charge is 2.38. The van der Waals surface area contributed by atoms with Gasteiger partial charge in [-0.25, -0.2) is 13.2 Å². The third kappa shape index (κ3) is 6.41. The number of carbonyl (C=O) groups excluding carboxylic acids is 1. The summed E-state index contributed by atoms with van der Waals surface area (Å²) in [6.45, 7) is 5.58.